The van der Waals surface area contributed by atoms with E-state index < -0.39 is 0 Å². The Morgan fingerprint density at radius 3 is 2.75 bits per heavy atom. The lowest BCUT2D eigenvalue weighted by Crippen LogP contribution is -2.09. The highest BCUT2D eigenvalue weighted by molar-refractivity contribution is 6.01. The number of oxime groups is 1. The Morgan fingerprint density at radius 2 is 2.12 bits per heavy atom. The molecule has 0 unspecified atom stereocenters. The number of para-hydroxylation sites is 1. The van der Waals surface area contributed by atoms with Gasteiger partial charge >= 0.3 is 0 Å². The Hall–Kier alpha value is -1.55. The fraction of sp³-hybridized carbons (Fsp3) is 0.417. The van der Waals surface area contributed by atoms with Crippen LogP contribution in [0.15, 0.2) is 23.4 Å². The summed E-state index contributed by atoms with van der Waals surface area (Å²) < 4.78 is 10.5. The van der Waals surface area contributed by atoms with Gasteiger partial charge in [0.05, 0.1) is 12.3 Å². The lowest BCUT2D eigenvalue weighted by atomic mass is 10.1. The summed E-state index contributed by atoms with van der Waals surface area (Å²) in [5, 5.41) is 12.0. The smallest absolute Gasteiger partial charge is 0.131 e. The minimum atomic E-state index is 0.479. The molecule has 0 amide bonds. The monoisotopic (exact) mass is 223 g/mol. The fourth-order valence-electron chi connectivity index (χ4n) is 1.41. The molecule has 0 saturated carbocycles. The third-order valence-corrected chi connectivity index (χ3v) is 2.29. The van der Waals surface area contributed by atoms with Gasteiger partial charge in [-0.25, -0.2) is 0 Å². The molecule has 4 nitrogen and oxygen atoms in total. The zero-order chi connectivity index (χ0) is 12.0. The number of methoxy groups -OCH3 is 1. The normalized spacial score (nSPS) is 11.6. The van der Waals surface area contributed by atoms with Crippen LogP contribution in [-0.4, -0.2) is 31.2 Å². The quantitative estimate of drug-likeness (QED) is 0.360. The molecule has 1 N–H and O–H groups in total. The van der Waals surface area contributed by atoms with Crippen LogP contribution in [0, 0.1) is 6.92 Å². The van der Waals surface area contributed by atoms with E-state index in [1.54, 1.807) is 14.0 Å². The molecule has 0 aromatic heterocycles. The average Bonchev–Trinajstić information content (AvgIpc) is 2.30. The van der Waals surface area contributed by atoms with Crippen LogP contribution < -0.4 is 4.74 Å². The van der Waals surface area contributed by atoms with E-state index in [2.05, 4.69) is 5.16 Å². The molecule has 1 aromatic carbocycles. The number of hydrogen-bond donors (Lipinski definition) is 1. The summed E-state index contributed by atoms with van der Waals surface area (Å²) >= 11 is 0. The molecule has 0 aliphatic carbocycles. The molecule has 0 aliphatic rings. The van der Waals surface area contributed by atoms with Crippen LogP contribution in [0.4, 0.5) is 0 Å². The first-order valence-electron chi connectivity index (χ1n) is 5.11. The minimum Gasteiger partial charge on any atom is -0.490 e. The molecule has 88 valence electrons. The number of ether oxygens (including phenoxy) is 2. The Bertz CT molecular complexity index is 375. The second kappa shape index (κ2) is 6.12. The van der Waals surface area contributed by atoms with Crippen LogP contribution in [0.3, 0.4) is 0 Å². The number of hydrogen-bond acceptors (Lipinski definition) is 4. The predicted octanol–water partition coefficient (Wildman–Crippen LogP) is 2.22. The Kier molecular flexibility index (Phi) is 4.79. The molecule has 0 heterocycles. The van der Waals surface area contributed by atoms with Crippen molar-refractivity contribution in [3.63, 3.8) is 0 Å². The lowest BCUT2D eigenvalue weighted by Gasteiger charge is -2.13. The number of rotatable bonds is 5. The number of benzene rings is 1. The molecule has 4 heteroatoms. The molecule has 1 rings (SSSR count). The van der Waals surface area contributed by atoms with Crippen molar-refractivity contribution in [1.29, 1.82) is 0 Å². The van der Waals surface area contributed by atoms with E-state index in [0.717, 1.165) is 16.9 Å². The van der Waals surface area contributed by atoms with E-state index in [9.17, 15) is 0 Å². The van der Waals surface area contributed by atoms with Crippen molar-refractivity contribution < 1.29 is 14.7 Å². The Balaban J connectivity index is 2.95. The summed E-state index contributed by atoms with van der Waals surface area (Å²) in [6.45, 7) is 4.70. The second-order valence-corrected chi connectivity index (χ2v) is 3.48. The van der Waals surface area contributed by atoms with E-state index in [0.29, 0.717) is 18.9 Å². The number of nitrogens with zero attached hydrogens (tertiary/aromatic N) is 1. The summed E-state index contributed by atoms with van der Waals surface area (Å²) in [5.74, 6) is 0.745. The van der Waals surface area contributed by atoms with E-state index in [1.165, 1.54) is 0 Å². The minimum absolute atomic E-state index is 0.479. The molecule has 0 bridgehead atoms. The molecule has 0 saturated heterocycles. The van der Waals surface area contributed by atoms with E-state index in [-0.39, 0.29) is 0 Å². The van der Waals surface area contributed by atoms with Crippen LogP contribution >= 0.6 is 0 Å². The molecule has 16 heavy (non-hydrogen) atoms. The molecule has 0 atom stereocenters. The first-order valence-corrected chi connectivity index (χ1v) is 5.11. The van der Waals surface area contributed by atoms with Crippen molar-refractivity contribution in [2.24, 2.45) is 5.16 Å². The third kappa shape index (κ3) is 2.97. The van der Waals surface area contributed by atoms with Gasteiger partial charge in [-0.3, -0.25) is 0 Å². The van der Waals surface area contributed by atoms with Gasteiger partial charge in [0.15, 0.2) is 0 Å². The van der Waals surface area contributed by atoms with E-state index >= 15 is 0 Å². The first-order chi connectivity index (χ1) is 7.70. The van der Waals surface area contributed by atoms with Gasteiger partial charge in [-0.05, 0) is 25.5 Å². The summed E-state index contributed by atoms with van der Waals surface area (Å²) in [6.07, 6.45) is 0. The van der Waals surface area contributed by atoms with Gasteiger partial charge < -0.3 is 14.7 Å². The molecule has 0 aliphatic heterocycles. The van der Waals surface area contributed by atoms with Crippen LogP contribution in [0.25, 0.3) is 0 Å². The Morgan fingerprint density at radius 1 is 1.38 bits per heavy atom. The lowest BCUT2D eigenvalue weighted by molar-refractivity contribution is 0.146. The van der Waals surface area contributed by atoms with Crippen molar-refractivity contribution in [1.82, 2.24) is 0 Å². The fourth-order valence-corrected chi connectivity index (χ4v) is 1.41. The average molecular weight is 223 g/mol. The summed E-state index contributed by atoms with van der Waals surface area (Å²) in [6, 6.07) is 5.73. The molecule has 1 aromatic rings. The van der Waals surface area contributed by atoms with Gasteiger partial charge in [-0.15, -0.1) is 0 Å². The maximum Gasteiger partial charge on any atom is 0.131 e. The standard InChI is InChI=1S/C12H17NO3/c1-9-5-4-6-11(10(2)13-14)12(9)16-8-7-15-3/h4-6,14H,7-8H2,1-3H3/b13-10+. The summed E-state index contributed by atoms with van der Waals surface area (Å²) in [7, 11) is 1.63. The van der Waals surface area contributed by atoms with E-state index in [1.807, 2.05) is 25.1 Å². The number of aryl methyl sites for hydroxylation is 1. The predicted molar refractivity (Wildman–Crippen MR) is 62.5 cm³/mol. The maximum atomic E-state index is 8.78. The van der Waals surface area contributed by atoms with Gasteiger partial charge in [0, 0.05) is 12.7 Å². The second-order valence-electron chi connectivity index (χ2n) is 3.48. The molecule has 0 spiro atoms. The highest BCUT2D eigenvalue weighted by Gasteiger charge is 2.09. The van der Waals surface area contributed by atoms with Crippen molar-refractivity contribution in [3.05, 3.63) is 29.3 Å². The topological polar surface area (TPSA) is 51.0 Å². The van der Waals surface area contributed by atoms with Crippen molar-refractivity contribution in [3.8, 4) is 5.75 Å². The molecular weight excluding hydrogens is 206 g/mol. The van der Waals surface area contributed by atoms with Crippen LogP contribution in [-0.2, 0) is 4.74 Å². The van der Waals surface area contributed by atoms with Gasteiger partial charge in [-0.1, -0.05) is 17.3 Å². The third-order valence-electron chi connectivity index (χ3n) is 2.29. The highest BCUT2D eigenvalue weighted by Crippen LogP contribution is 2.24. The van der Waals surface area contributed by atoms with Crippen LogP contribution in [0.1, 0.15) is 18.1 Å². The SMILES string of the molecule is COCCOc1c(C)cccc1/C(C)=N/O. The summed E-state index contributed by atoms with van der Waals surface area (Å²) in [5.41, 5.74) is 2.35. The first kappa shape index (κ1) is 12.5. The van der Waals surface area contributed by atoms with Gasteiger partial charge in [-0.2, -0.15) is 0 Å². The van der Waals surface area contributed by atoms with Gasteiger partial charge in [0.1, 0.15) is 12.4 Å². The van der Waals surface area contributed by atoms with Gasteiger partial charge in [0.25, 0.3) is 0 Å². The van der Waals surface area contributed by atoms with Crippen molar-refractivity contribution in [2.75, 3.05) is 20.3 Å². The van der Waals surface area contributed by atoms with E-state index in [4.69, 9.17) is 14.7 Å². The van der Waals surface area contributed by atoms with Crippen LogP contribution in [0.2, 0.25) is 0 Å². The molecular formula is C12H17NO3. The zero-order valence-corrected chi connectivity index (χ0v) is 9.86. The zero-order valence-electron chi connectivity index (χ0n) is 9.86. The Labute approximate surface area is 95.5 Å². The maximum absolute atomic E-state index is 8.78. The molecule has 0 radical (unpaired) electrons. The highest BCUT2D eigenvalue weighted by atomic mass is 16.5. The van der Waals surface area contributed by atoms with Crippen molar-refractivity contribution >= 4 is 5.71 Å². The largest absolute Gasteiger partial charge is 0.490 e. The summed E-state index contributed by atoms with van der Waals surface area (Å²) in [4.78, 5) is 0. The van der Waals surface area contributed by atoms with Crippen molar-refractivity contribution in [2.45, 2.75) is 13.8 Å². The van der Waals surface area contributed by atoms with Gasteiger partial charge in [0.2, 0.25) is 0 Å². The molecule has 0 fully saturated rings. The van der Waals surface area contributed by atoms with Crippen LogP contribution in [0.5, 0.6) is 5.75 Å².